The number of ether oxygens (including phenoxy) is 3. The van der Waals surface area contributed by atoms with Crippen LogP contribution in [0.5, 0.6) is 0 Å². The Morgan fingerprint density at radius 3 is 2.85 bits per heavy atom. The van der Waals surface area contributed by atoms with Crippen LogP contribution in [0.1, 0.15) is 13.8 Å². The molecule has 0 saturated carbocycles. The van der Waals surface area contributed by atoms with Gasteiger partial charge in [-0.3, -0.25) is 9.59 Å². The molecule has 1 saturated heterocycles. The van der Waals surface area contributed by atoms with Gasteiger partial charge in [-0.05, 0) is 0 Å². The zero-order valence-corrected chi connectivity index (χ0v) is 13.8. The summed E-state index contributed by atoms with van der Waals surface area (Å²) in [5, 5.41) is 13.1. The maximum Gasteiger partial charge on any atom is 0.312 e. The molecule has 12 heteroatoms. The maximum absolute atomic E-state index is 13.5. The van der Waals surface area contributed by atoms with Crippen LogP contribution in [0, 0.1) is 6.08 Å². The number of fused-ring (bicyclic) bond motifs is 1. The number of aromatic nitrogens is 4. The molecule has 0 spiro atoms. The van der Waals surface area contributed by atoms with Gasteiger partial charge in [0.1, 0.15) is 24.3 Å². The summed E-state index contributed by atoms with van der Waals surface area (Å²) in [6.45, 7) is 2.14. The average Bonchev–Trinajstić information content (AvgIpc) is 3.12. The number of H-pyrrole nitrogens is 1. The van der Waals surface area contributed by atoms with Crippen LogP contribution < -0.4 is 5.32 Å². The number of rotatable bonds is 5. The molecule has 2 aromatic heterocycles. The molecule has 0 radical (unpaired) electrons. The predicted molar refractivity (Wildman–Crippen MR) is 82.1 cm³/mol. The number of hydrogen-bond acceptors (Lipinski definition) is 10. The number of anilines is 1. The van der Waals surface area contributed by atoms with E-state index in [-0.39, 0.29) is 18.1 Å². The van der Waals surface area contributed by atoms with E-state index in [1.807, 2.05) is 0 Å². The molecule has 0 amide bonds. The second-order valence-electron chi connectivity index (χ2n) is 5.55. The van der Waals surface area contributed by atoms with Gasteiger partial charge in [-0.1, -0.05) is 0 Å². The quantitative estimate of drug-likeness (QED) is 0.464. The highest BCUT2D eigenvalue weighted by Gasteiger charge is 2.47. The highest BCUT2D eigenvalue weighted by atomic mass is 19.1. The Balaban J connectivity index is 1.81. The van der Waals surface area contributed by atoms with Crippen molar-refractivity contribution < 1.29 is 33.3 Å². The van der Waals surface area contributed by atoms with Gasteiger partial charge in [-0.2, -0.15) is 14.4 Å². The molecule has 1 fully saturated rings. The maximum atomic E-state index is 13.5. The summed E-state index contributed by atoms with van der Waals surface area (Å²) in [4.78, 5) is 36.0. The Labute approximate surface area is 145 Å². The van der Waals surface area contributed by atoms with E-state index in [2.05, 4.69) is 25.3 Å². The van der Waals surface area contributed by atoms with Gasteiger partial charge in [-0.25, -0.2) is 4.98 Å². The summed E-state index contributed by atoms with van der Waals surface area (Å²) in [6, 6.07) is 0. The topological polar surface area (TPSA) is 149 Å². The number of esters is 2. The Bertz CT molecular complexity index is 829. The minimum absolute atomic E-state index is 0.00348. The van der Waals surface area contributed by atoms with Crippen molar-refractivity contribution >= 4 is 28.9 Å². The Morgan fingerprint density at radius 1 is 1.38 bits per heavy atom. The largest absolute Gasteiger partial charge is 0.463 e. The second-order valence-corrected chi connectivity index (χ2v) is 5.55. The van der Waals surface area contributed by atoms with Crippen molar-refractivity contribution in [1.29, 1.82) is 0 Å². The van der Waals surface area contributed by atoms with Crippen LogP contribution in [0.25, 0.3) is 11.2 Å². The first kappa shape index (κ1) is 17.9. The average molecular weight is 369 g/mol. The fourth-order valence-corrected chi connectivity index (χ4v) is 2.57. The van der Waals surface area contributed by atoms with Crippen molar-refractivity contribution in [2.45, 2.75) is 38.4 Å². The van der Waals surface area contributed by atoms with Gasteiger partial charge in [0.15, 0.2) is 23.8 Å². The number of nitrogens with zero attached hydrogens (tertiary/aromatic N) is 3. The molecule has 3 N–H and O–H groups in total. The third-order valence-electron chi connectivity index (χ3n) is 3.62. The molecule has 1 aliphatic heterocycles. The molecular formula is C14H16FN5O6. The molecule has 3 rings (SSSR count). The van der Waals surface area contributed by atoms with Gasteiger partial charge >= 0.3 is 18.0 Å². The molecule has 1 unspecified atom stereocenters. The number of aromatic amines is 1. The minimum atomic E-state index is -1.32. The number of aliphatic hydroxyl groups is 1. The van der Waals surface area contributed by atoms with Crippen LogP contribution in [0.3, 0.4) is 0 Å². The van der Waals surface area contributed by atoms with Crippen molar-refractivity contribution in [3.8, 4) is 0 Å². The van der Waals surface area contributed by atoms with Crippen LogP contribution in [0.4, 0.5) is 10.2 Å². The zero-order valence-electron chi connectivity index (χ0n) is 13.8. The van der Waals surface area contributed by atoms with Crippen LogP contribution in [0.2, 0.25) is 0 Å². The third-order valence-corrected chi connectivity index (χ3v) is 3.62. The van der Waals surface area contributed by atoms with Gasteiger partial charge < -0.3 is 29.6 Å². The van der Waals surface area contributed by atoms with Crippen LogP contribution >= 0.6 is 0 Å². The molecule has 11 nitrogen and oxygen atoms in total. The summed E-state index contributed by atoms with van der Waals surface area (Å²) < 4.78 is 29.0. The fraction of sp³-hybridized carbons (Fsp3) is 0.500. The van der Waals surface area contributed by atoms with Crippen LogP contribution in [-0.4, -0.2) is 68.1 Å². The Morgan fingerprint density at radius 2 is 2.15 bits per heavy atom. The molecule has 3 heterocycles. The van der Waals surface area contributed by atoms with E-state index < -0.39 is 42.6 Å². The first-order valence-electron chi connectivity index (χ1n) is 7.62. The number of imidazole rings is 1. The van der Waals surface area contributed by atoms with E-state index in [0.717, 1.165) is 0 Å². The van der Waals surface area contributed by atoms with E-state index in [4.69, 9.17) is 14.2 Å². The van der Waals surface area contributed by atoms with Gasteiger partial charge in [0.2, 0.25) is 0 Å². The molecule has 1 aliphatic rings. The van der Waals surface area contributed by atoms with E-state index in [1.165, 1.54) is 20.2 Å². The van der Waals surface area contributed by atoms with Crippen molar-refractivity contribution in [2.75, 3.05) is 11.9 Å². The summed E-state index contributed by atoms with van der Waals surface area (Å²) in [6.07, 6.45) is -4.16. The second kappa shape index (κ2) is 7.17. The first-order valence-corrected chi connectivity index (χ1v) is 7.62. The third kappa shape index (κ3) is 3.70. The standard InChI is InChI=1S/C14H16FN5O6/c1-5(21)24-3-7-10(25-6(2)22)9(23)13(26-7)18-12-8-11(17-4-16-8)19-14(15)20-12/h4,7,9-10,13,23H,3H2,1-2H3,(H2,16,17,18,19,20)/t7-,9+,10-,13?/m1/s1. The lowest BCUT2D eigenvalue weighted by Crippen LogP contribution is -2.40. The number of carbonyl (C=O) groups is 2. The first-order chi connectivity index (χ1) is 12.3. The molecule has 0 aromatic carbocycles. The Hall–Kier alpha value is -2.86. The smallest absolute Gasteiger partial charge is 0.312 e. The number of hydrogen-bond donors (Lipinski definition) is 3. The van der Waals surface area contributed by atoms with Gasteiger partial charge in [-0.15, -0.1) is 0 Å². The summed E-state index contributed by atoms with van der Waals surface area (Å²) in [7, 11) is 0. The van der Waals surface area contributed by atoms with Gasteiger partial charge in [0.05, 0.1) is 6.33 Å². The molecule has 2 aromatic rings. The highest BCUT2D eigenvalue weighted by Crippen LogP contribution is 2.27. The molecular weight excluding hydrogens is 353 g/mol. The molecule has 4 atom stereocenters. The van der Waals surface area contributed by atoms with E-state index in [0.29, 0.717) is 5.52 Å². The van der Waals surface area contributed by atoms with E-state index >= 15 is 0 Å². The summed E-state index contributed by atoms with van der Waals surface area (Å²) in [5.74, 6) is -1.20. The predicted octanol–water partition coefficient (Wildman–Crippen LogP) is -0.516. The summed E-state index contributed by atoms with van der Waals surface area (Å²) in [5.41, 5.74) is 0.384. The van der Waals surface area contributed by atoms with Crippen molar-refractivity contribution in [3.63, 3.8) is 0 Å². The fourth-order valence-electron chi connectivity index (χ4n) is 2.57. The lowest BCUT2D eigenvalue weighted by Gasteiger charge is -2.19. The number of nitrogens with one attached hydrogen (secondary N) is 2. The number of halogens is 1. The monoisotopic (exact) mass is 369 g/mol. The molecule has 0 bridgehead atoms. The normalized spacial score (nSPS) is 25.2. The lowest BCUT2D eigenvalue weighted by atomic mass is 10.1. The van der Waals surface area contributed by atoms with Crippen molar-refractivity contribution in [1.82, 2.24) is 19.9 Å². The number of aliphatic hydroxyl groups excluding tert-OH is 1. The van der Waals surface area contributed by atoms with Gasteiger partial charge in [0.25, 0.3) is 0 Å². The van der Waals surface area contributed by atoms with Crippen molar-refractivity contribution in [2.24, 2.45) is 0 Å². The van der Waals surface area contributed by atoms with Crippen molar-refractivity contribution in [3.05, 3.63) is 12.4 Å². The van der Waals surface area contributed by atoms with Crippen LogP contribution in [0.15, 0.2) is 6.33 Å². The van der Waals surface area contributed by atoms with E-state index in [9.17, 15) is 19.1 Å². The lowest BCUT2D eigenvalue weighted by molar-refractivity contribution is -0.157. The molecule has 26 heavy (non-hydrogen) atoms. The highest BCUT2D eigenvalue weighted by molar-refractivity contribution is 5.82. The minimum Gasteiger partial charge on any atom is -0.463 e. The SMILES string of the molecule is CC(=O)OC[C@H]1OC(Nc2nc(F)nc3nc[nH]c23)[C@@H](O)[C@@H]1OC(C)=O. The number of carbonyl (C=O) groups excluding carboxylic acids is 2. The Kier molecular flexibility index (Phi) is 4.95. The van der Waals surface area contributed by atoms with E-state index in [1.54, 1.807) is 0 Å². The van der Waals surface area contributed by atoms with Crippen LogP contribution in [-0.2, 0) is 23.8 Å². The summed E-state index contributed by atoms with van der Waals surface area (Å²) >= 11 is 0. The molecule has 140 valence electrons. The zero-order chi connectivity index (χ0) is 18.8. The molecule has 0 aliphatic carbocycles. The van der Waals surface area contributed by atoms with Gasteiger partial charge in [0, 0.05) is 13.8 Å².